The van der Waals surface area contributed by atoms with Gasteiger partial charge in [0.25, 0.3) is 11.5 Å². The molecule has 0 aliphatic carbocycles. The summed E-state index contributed by atoms with van der Waals surface area (Å²) in [4.78, 5) is 49.9. The summed E-state index contributed by atoms with van der Waals surface area (Å²) in [5.41, 5.74) is 0.519. The molecule has 3 rings (SSSR count). The van der Waals surface area contributed by atoms with Crippen LogP contribution in [-0.4, -0.2) is 41.3 Å². The molecule has 1 aromatic carbocycles. The zero-order chi connectivity index (χ0) is 22.5. The maximum atomic E-state index is 12.4. The number of nitrogens with zero attached hydrogens (tertiary/aromatic N) is 1. The first-order valence-corrected chi connectivity index (χ1v) is 10.4. The van der Waals surface area contributed by atoms with Gasteiger partial charge in [-0.05, 0) is 31.9 Å². The summed E-state index contributed by atoms with van der Waals surface area (Å²) in [7, 11) is 0. The number of fused-ring (bicyclic) bond motifs is 1. The number of benzene rings is 1. The van der Waals surface area contributed by atoms with Crippen molar-refractivity contribution in [1.82, 2.24) is 10.2 Å². The molecule has 162 valence electrons. The normalized spacial score (nSPS) is 10.7. The largest absolute Gasteiger partial charge is 0.462 e. The van der Waals surface area contributed by atoms with Gasteiger partial charge in [0.15, 0.2) is 12.3 Å². The maximum Gasteiger partial charge on any atom is 0.359 e. The van der Waals surface area contributed by atoms with Crippen LogP contribution in [0, 0.1) is 6.92 Å². The third-order valence-corrected chi connectivity index (χ3v) is 5.87. The molecule has 9 nitrogen and oxygen atoms in total. The SMILES string of the molecule is CCOC(=O)c1c(NC(=O)COC(=O)c2n[nH]c(=O)c3ccccc23)sc(CC)c1C. The van der Waals surface area contributed by atoms with Crippen molar-refractivity contribution in [2.75, 3.05) is 18.5 Å². The molecule has 2 aromatic heterocycles. The molecular weight excluding hydrogens is 422 g/mol. The summed E-state index contributed by atoms with van der Waals surface area (Å²) < 4.78 is 10.2. The number of rotatable bonds is 7. The number of aromatic nitrogens is 2. The van der Waals surface area contributed by atoms with Crippen LogP contribution in [0.5, 0.6) is 0 Å². The van der Waals surface area contributed by atoms with E-state index in [1.165, 1.54) is 11.3 Å². The van der Waals surface area contributed by atoms with Crippen molar-refractivity contribution in [3.63, 3.8) is 0 Å². The number of H-pyrrole nitrogens is 1. The van der Waals surface area contributed by atoms with Gasteiger partial charge in [-0.3, -0.25) is 9.59 Å². The van der Waals surface area contributed by atoms with Crippen molar-refractivity contribution in [2.24, 2.45) is 0 Å². The molecule has 0 atom stereocenters. The topological polar surface area (TPSA) is 127 Å². The second-order valence-electron chi connectivity index (χ2n) is 6.50. The number of ether oxygens (including phenoxy) is 2. The number of esters is 2. The Morgan fingerprint density at radius 2 is 1.81 bits per heavy atom. The average Bonchev–Trinajstić information content (AvgIpc) is 3.07. The first kappa shape index (κ1) is 22.2. The van der Waals surface area contributed by atoms with Gasteiger partial charge in [-0.25, -0.2) is 14.7 Å². The summed E-state index contributed by atoms with van der Waals surface area (Å²) in [5.74, 6) is -1.99. The number of aromatic amines is 1. The monoisotopic (exact) mass is 443 g/mol. The molecule has 0 saturated carbocycles. The number of nitrogens with one attached hydrogen (secondary N) is 2. The number of carbonyl (C=O) groups excluding carboxylic acids is 3. The minimum absolute atomic E-state index is 0.101. The van der Waals surface area contributed by atoms with Gasteiger partial charge in [-0.15, -0.1) is 11.3 Å². The van der Waals surface area contributed by atoms with E-state index in [4.69, 9.17) is 9.47 Å². The molecular formula is C21H21N3O6S. The molecule has 10 heteroatoms. The number of hydrogen-bond donors (Lipinski definition) is 2. The van der Waals surface area contributed by atoms with Crippen molar-refractivity contribution >= 4 is 45.0 Å². The van der Waals surface area contributed by atoms with Gasteiger partial charge in [-0.1, -0.05) is 25.1 Å². The highest BCUT2D eigenvalue weighted by Crippen LogP contribution is 2.34. The quantitative estimate of drug-likeness (QED) is 0.538. The highest BCUT2D eigenvalue weighted by Gasteiger charge is 2.24. The van der Waals surface area contributed by atoms with Gasteiger partial charge >= 0.3 is 11.9 Å². The van der Waals surface area contributed by atoms with Gasteiger partial charge in [0, 0.05) is 10.3 Å². The van der Waals surface area contributed by atoms with E-state index in [2.05, 4.69) is 15.5 Å². The molecule has 2 N–H and O–H groups in total. The molecule has 3 aromatic rings. The van der Waals surface area contributed by atoms with E-state index in [1.54, 1.807) is 38.1 Å². The van der Waals surface area contributed by atoms with E-state index in [-0.39, 0.29) is 17.7 Å². The van der Waals surface area contributed by atoms with E-state index in [1.807, 2.05) is 6.92 Å². The summed E-state index contributed by atoms with van der Waals surface area (Å²) >= 11 is 1.28. The molecule has 2 heterocycles. The Kier molecular flexibility index (Phi) is 6.81. The van der Waals surface area contributed by atoms with Crippen LogP contribution in [-0.2, 0) is 20.7 Å². The standard InChI is InChI=1S/C21H21N3O6S/c1-4-14-11(3)16(20(27)29-5-2)19(31-14)22-15(25)10-30-21(28)17-12-8-6-7-9-13(12)18(26)24-23-17/h6-9H,4-5,10H2,1-3H3,(H,22,25)(H,24,26). The van der Waals surface area contributed by atoms with Crippen LogP contribution in [0.2, 0.25) is 0 Å². The molecule has 0 saturated heterocycles. The Morgan fingerprint density at radius 3 is 2.48 bits per heavy atom. The van der Waals surface area contributed by atoms with E-state index < -0.39 is 30.0 Å². The van der Waals surface area contributed by atoms with Gasteiger partial charge in [0.2, 0.25) is 0 Å². The Morgan fingerprint density at radius 1 is 1.10 bits per heavy atom. The fourth-order valence-corrected chi connectivity index (χ4v) is 4.22. The van der Waals surface area contributed by atoms with Crippen LogP contribution in [0.4, 0.5) is 5.00 Å². The lowest BCUT2D eigenvalue weighted by atomic mass is 10.1. The van der Waals surface area contributed by atoms with Gasteiger partial charge in [-0.2, -0.15) is 5.10 Å². The second-order valence-corrected chi connectivity index (χ2v) is 7.60. The van der Waals surface area contributed by atoms with E-state index in [9.17, 15) is 19.2 Å². The number of thiophene rings is 1. The smallest absolute Gasteiger partial charge is 0.359 e. The summed E-state index contributed by atoms with van der Waals surface area (Å²) in [6.07, 6.45) is 0.693. The van der Waals surface area contributed by atoms with Crippen molar-refractivity contribution in [3.8, 4) is 0 Å². The molecule has 0 unspecified atom stereocenters. The zero-order valence-corrected chi connectivity index (χ0v) is 18.1. The van der Waals surface area contributed by atoms with Crippen LogP contribution in [0.15, 0.2) is 29.1 Å². The van der Waals surface area contributed by atoms with Crippen LogP contribution in [0.25, 0.3) is 10.8 Å². The second kappa shape index (κ2) is 9.52. The predicted molar refractivity (Wildman–Crippen MR) is 116 cm³/mol. The summed E-state index contributed by atoms with van der Waals surface area (Å²) in [6.45, 7) is 5.06. The van der Waals surface area contributed by atoms with Crippen LogP contribution in [0.1, 0.15) is 45.1 Å². The average molecular weight is 443 g/mol. The van der Waals surface area contributed by atoms with Crippen molar-refractivity contribution in [1.29, 1.82) is 0 Å². The lowest BCUT2D eigenvalue weighted by molar-refractivity contribution is -0.119. The molecule has 0 radical (unpaired) electrons. The number of anilines is 1. The maximum absolute atomic E-state index is 12.4. The molecule has 0 fully saturated rings. The van der Waals surface area contributed by atoms with Crippen LogP contribution >= 0.6 is 11.3 Å². The highest BCUT2D eigenvalue weighted by molar-refractivity contribution is 7.17. The van der Waals surface area contributed by atoms with E-state index >= 15 is 0 Å². The van der Waals surface area contributed by atoms with E-state index in [0.29, 0.717) is 22.4 Å². The molecule has 0 bridgehead atoms. The van der Waals surface area contributed by atoms with Crippen molar-refractivity contribution < 1.29 is 23.9 Å². The fourth-order valence-electron chi connectivity index (χ4n) is 3.07. The van der Waals surface area contributed by atoms with Crippen LogP contribution < -0.4 is 10.9 Å². The Labute approximate surface area is 181 Å². The third kappa shape index (κ3) is 4.64. The van der Waals surface area contributed by atoms with E-state index in [0.717, 1.165) is 10.4 Å². The lowest BCUT2D eigenvalue weighted by Crippen LogP contribution is -2.23. The van der Waals surface area contributed by atoms with Crippen molar-refractivity contribution in [3.05, 3.63) is 56.3 Å². The number of amides is 1. The summed E-state index contributed by atoms with van der Waals surface area (Å²) in [5, 5.41) is 9.57. The summed E-state index contributed by atoms with van der Waals surface area (Å²) in [6, 6.07) is 6.45. The van der Waals surface area contributed by atoms with Gasteiger partial charge in [0.1, 0.15) is 5.00 Å². The molecule has 1 amide bonds. The molecule has 31 heavy (non-hydrogen) atoms. The van der Waals surface area contributed by atoms with Crippen LogP contribution in [0.3, 0.4) is 0 Å². The fraction of sp³-hybridized carbons (Fsp3) is 0.286. The number of hydrogen-bond acceptors (Lipinski definition) is 8. The molecule has 0 aliphatic rings. The Bertz CT molecular complexity index is 1210. The minimum Gasteiger partial charge on any atom is -0.462 e. The minimum atomic E-state index is -0.857. The van der Waals surface area contributed by atoms with Gasteiger partial charge < -0.3 is 14.8 Å². The number of aryl methyl sites for hydroxylation is 1. The lowest BCUT2D eigenvalue weighted by Gasteiger charge is -2.08. The van der Waals surface area contributed by atoms with Crippen molar-refractivity contribution in [2.45, 2.75) is 27.2 Å². The molecule has 0 spiro atoms. The predicted octanol–water partition coefficient (Wildman–Crippen LogP) is 2.83. The first-order chi connectivity index (χ1) is 14.9. The first-order valence-electron chi connectivity index (χ1n) is 9.61. The Hall–Kier alpha value is -3.53. The number of carbonyl (C=O) groups is 3. The third-order valence-electron chi connectivity index (χ3n) is 4.52. The Balaban J connectivity index is 1.74. The van der Waals surface area contributed by atoms with Gasteiger partial charge in [0.05, 0.1) is 17.6 Å². The molecule has 0 aliphatic heterocycles. The zero-order valence-electron chi connectivity index (χ0n) is 17.2. The highest BCUT2D eigenvalue weighted by atomic mass is 32.1.